The van der Waals surface area contributed by atoms with E-state index in [4.69, 9.17) is 4.98 Å². The fraction of sp³-hybridized carbons (Fsp3) is 0.348. The Hall–Kier alpha value is -2.91. The normalized spacial score (nSPS) is 14.6. The van der Waals surface area contributed by atoms with Crippen LogP contribution in [0.15, 0.2) is 46.9 Å². The molecule has 0 aliphatic carbocycles. The molecule has 0 unspecified atom stereocenters. The van der Waals surface area contributed by atoms with Crippen molar-refractivity contribution in [2.45, 2.75) is 6.54 Å². The molecule has 0 spiro atoms. The molecular formula is C23H27BrN6O2. The molecule has 0 atom stereocenters. The molecular weight excluding hydrogens is 472 g/mol. The van der Waals surface area contributed by atoms with E-state index in [1.54, 1.807) is 19.0 Å². The van der Waals surface area contributed by atoms with Crippen molar-refractivity contribution < 1.29 is 9.59 Å². The summed E-state index contributed by atoms with van der Waals surface area (Å²) in [4.78, 5) is 35.4. The molecule has 1 fully saturated rings. The van der Waals surface area contributed by atoms with Crippen LogP contribution in [0.1, 0.15) is 16.2 Å². The fourth-order valence-electron chi connectivity index (χ4n) is 3.85. The lowest BCUT2D eigenvalue weighted by Crippen LogP contribution is -2.49. The number of urea groups is 1. The number of carbonyl (C=O) groups excluding carboxylic acids is 2. The topological polar surface area (TPSA) is 73.7 Å². The number of rotatable bonds is 4. The summed E-state index contributed by atoms with van der Waals surface area (Å²) in [5.74, 6) is 0.914. The molecule has 0 saturated carbocycles. The van der Waals surface area contributed by atoms with Crippen molar-refractivity contribution >= 4 is 44.6 Å². The lowest BCUT2D eigenvalue weighted by Gasteiger charge is -2.34. The number of imidazole rings is 1. The zero-order valence-corrected chi connectivity index (χ0v) is 20.1. The van der Waals surface area contributed by atoms with E-state index in [-0.39, 0.29) is 11.9 Å². The van der Waals surface area contributed by atoms with Crippen LogP contribution in [0.5, 0.6) is 0 Å². The van der Waals surface area contributed by atoms with Gasteiger partial charge in [0.25, 0.3) is 5.91 Å². The van der Waals surface area contributed by atoms with Gasteiger partial charge in [0, 0.05) is 57.4 Å². The van der Waals surface area contributed by atoms with E-state index >= 15 is 0 Å². The van der Waals surface area contributed by atoms with Crippen LogP contribution < -0.4 is 5.32 Å². The highest BCUT2D eigenvalue weighted by molar-refractivity contribution is 9.10. The van der Waals surface area contributed by atoms with Crippen molar-refractivity contribution in [1.82, 2.24) is 24.3 Å². The Balaban J connectivity index is 1.38. The molecule has 32 heavy (non-hydrogen) atoms. The maximum absolute atomic E-state index is 12.6. The molecule has 8 nitrogen and oxygen atoms in total. The molecule has 168 valence electrons. The Bertz CT molecular complexity index is 1150. The van der Waals surface area contributed by atoms with Crippen LogP contribution >= 0.6 is 15.9 Å². The Kier molecular flexibility index (Phi) is 6.48. The summed E-state index contributed by atoms with van der Waals surface area (Å²) in [5, 5.41) is 2.97. The molecule has 1 N–H and O–H groups in total. The molecule has 3 aromatic rings. The molecule has 2 aromatic carbocycles. The maximum atomic E-state index is 12.6. The number of para-hydroxylation sites is 1. The molecule has 1 saturated heterocycles. The molecule has 2 heterocycles. The van der Waals surface area contributed by atoms with Crippen molar-refractivity contribution in [1.29, 1.82) is 0 Å². The lowest BCUT2D eigenvalue weighted by atomic mass is 10.2. The number of piperazine rings is 1. The molecule has 1 aromatic heterocycles. The smallest absolute Gasteiger partial charge is 0.321 e. The molecule has 0 bridgehead atoms. The highest BCUT2D eigenvalue weighted by atomic mass is 79.9. The van der Waals surface area contributed by atoms with Crippen LogP contribution in [-0.4, -0.2) is 76.5 Å². The van der Waals surface area contributed by atoms with Crippen molar-refractivity contribution in [2.24, 2.45) is 7.05 Å². The second kappa shape index (κ2) is 9.30. The number of aromatic nitrogens is 2. The number of benzene rings is 2. The minimum absolute atomic E-state index is 0.0315. The third-order valence-corrected chi connectivity index (χ3v) is 6.46. The first kappa shape index (κ1) is 22.3. The molecule has 4 rings (SSSR count). The van der Waals surface area contributed by atoms with Crippen molar-refractivity contribution in [3.05, 3.63) is 58.3 Å². The Morgan fingerprint density at radius 2 is 1.81 bits per heavy atom. The zero-order valence-electron chi connectivity index (χ0n) is 18.5. The highest BCUT2D eigenvalue weighted by Gasteiger charge is 2.23. The van der Waals surface area contributed by atoms with Gasteiger partial charge in [-0.2, -0.15) is 0 Å². The van der Waals surface area contributed by atoms with E-state index in [2.05, 4.69) is 30.7 Å². The van der Waals surface area contributed by atoms with Crippen molar-refractivity contribution in [3.63, 3.8) is 0 Å². The van der Waals surface area contributed by atoms with Crippen LogP contribution in [0.4, 0.5) is 10.5 Å². The first-order chi connectivity index (χ1) is 15.3. The number of fused-ring (bicyclic) bond motifs is 1. The standard InChI is InChI=1S/C23H27BrN6O2/c1-27(2)22(31)16-8-9-20-19(14-16)25-21(28(20)3)15-29-10-12-30(13-11-29)23(32)26-18-7-5-4-6-17(18)24/h4-9,14H,10-13,15H2,1-3H3,(H,26,32). The van der Waals surface area contributed by atoms with Gasteiger partial charge in [-0.3, -0.25) is 9.69 Å². The molecule has 1 aliphatic heterocycles. The van der Waals surface area contributed by atoms with Crippen LogP contribution in [0.2, 0.25) is 0 Å². The van der Waals surface area contributed by atoms with Gasteiger partial charge in [0.1, 0.15) is 5.82 Å². The van der Waals surface area contributed by atoms with E-state index in [0.717, 1.165) is 40.1 Å². The van der Waals surface area contributed by atoms with Crippen LogP contribution in [0.25, 0.3) is 11.0 Å². The van der Waals surface area contributed by atoms with E-state index in [9.17, 15) is 9.59 Å². The number of amides is 3. The van der Waals surface area contributed by atoms with Crippen molar-refractivity contribution in [3.8, 4) is 0 Å². The van der Waals surface area contributed by atoms with Gasteiger partial charge in [0.15, 0.2) is 0 Å². The second-order valence-electron chi connectivity index (χ2n) is 8.16. The van der Waals surface area contributed by atoms with E-state index in [0.29, 0.717) is 25.2 Å². The molecule has 9 heteroatoms. The average Bonchev–Trinajstić information content (AvgIpc) is 3.09. The number of hydrogen-bond acceptors (Lipinski definition) is 4. The minimum atomic E-state index is -0.0858. The summed E-state index contributed by atoms with van der Waals surface area (Å²) in [7, 11) is 5.49. The quantitative estimate of drug-likeness (QED) is 0.598. The van der Waals surface area contributed by atoms with Gasteiger partial charge in [-0.1, -0.05) is 12.1 Å². The van der Waals surface area contributed by atoms with Gasteiger partial charge >= 0.3 is 6.03 Å². The molecule has 1 aliphatic rings. The van der Waals surface area contributed by atoms with Gasteiger partial charge in [-0.15, -0.1) is 0 Å². The number of nitrogens with one attached hydrogen (secondary N) is 1. The predicted molar refractivity (Wildman–Crippen MR) is 129 cm³/mol. The second-order valence-corrected chi connectivity index (χ2v) is 9.02. The van der Waals surface area contributed by atoms with Gasteiger partial charge in [-0.05, 0) is 46.3 Å². The zero-order chi connectivity index (χ0) is 22.8. The largest absolute Gasteiger partial charge is 0.345 e. The van der Waals surface area contributed by atoms with E-state index in [1.165, 1.54) is 0 Å². The van der Waals surface area contributed by atoms with Crippen molar-refractivity contribution in [2.75, 3.05) is 45.6 Å². The first-order valence-corrected chi connectivity index (χ1v) is 11.3. The number of carbonyl (C=O) groups is 2. The van der Waals surface area contributed by atoms with Crippen LogP contribution in [-0.2, 0) is 13.6 Å². The highest BCUT2D eigenvalue weighted by Crippen LogP contribution is 2.22. The van der Waals surface area contributed by atoms with Gasteiger partial charge in [-0.25, -0.2) is 9.78 Å². The number of nitrogens with zero attached hydrogens (tertiary/aromatic N) is 5. The summed E-state index contributed by atoms with van der Waals surface area (Å²) in [6.45, 7) is 3.55. The monoisotopic (exact) mass is 498 g/mol. The minimum Gasteiger partial charge on any atom is -0.345 e. The number of halogens is 1. The van der Waals surface area contributed by atoms with Gasteiger partial charge in [0.2, 0.25) is 0 Å². The molecule has 3 amide bonds. The lowest BCUT2D eigenvalue weighted by molar-refractivity contribution is 0.0827. The average molecular weight is 499 g/mol. The Morgan fingerprint density at radius 1 is 1.09 bits per heavy atom. The summed E-state index contributed by atoms with van der Waals surface area (Å²) in [6.07, 6.45) is 0. The maximum Gasteiger partial charge on any atom is 0.321 e. The fourth-order valence-corrected chi connectivity index (χ4v) is 4.23. The summed E-state index contributed by atoms with van der Waals surface area (Å²) in [6, 6.07) is 13.2. The Labute approximate surface area is 195 Å². The molecule has 0 radical (unpaired) electrons. The third-order valence-electron chi connectivity index (χ3n) is 5.77. The summed E-state index contributed by atoms with van der Waals surface area (Å²) < 4.78 is 2.94. The summed E-state index contributed by atoms with van der Waals surface area (Å²) >= 11 is 3.46. The summed E-state index contributed by atoms with van der Waals surface area (Å²) in [5.41, 5.74) is 3.23. The number of hydrogen-bond donors (Lipinski definition) is 1. The van der Waals surface area contributed by atoms with Crippen LogP contribution in [0.3, 0.4) is 0 Å². The van der Waals surface area contributed by atoms with Gasteiger partial charge < -0.3 is 19.7 Å². The number of anilines is 1. The SMILES string of the molecule is CN(C)C(=O)c1ccc2c(c1)nc(CN1CCN(C(=O)Nc3ccccc3Br)CC1)n2C. The first-order valence-electron chi connectivity index (χ1n) is 10.5. The number of aryl methyl sites for hydroxylation is 1. The predicted octanol–water partition coefficient (Wildman–Crippen LogP) is 3.39. The van der Waals surface area contributed by atoms with Gasteiger partial charge in [0.05, 0.1) is 23.3 Å². The van der Waals surface area contributed by atoms with E-state index in [1.807, 2.05) is 54.4 Å². The van der Waals surface area contributed by atoms with E-state index < -0.39 is 0 Å². The Morgan fingerprint density at radius 3 is 2.50 bits per heavy atom. The van der Waals surface area contributed by atoms with Crippen LogP contribution in [0, 0.1) is 0 Å². The third kappa shape index (κ3) is 4.63.